The minimum Gasteiger partial charge on any atom is -0.274 e. The highest BCUT2D eigenvalue weighted by atomic mass is 15.0. The number of rotatable bonds is 1. The topological polar surface area (TPSA) is 52.0 Å². The van der Waals surface area contributed by atoms with Crippen molar-refractivity contribution in [3.63, 3.8) is 0 Å². The van der Waals surface area contributed by atoms with Gasteiger partial charge in [-0.15, -0.1) is 0 Å². The summed E-state index contributed by atoms with van der Waals surface area (Å²) in [4.78, 5) is 0. The quantitative estimate of drug-likeness (QED) is 0.529. The molecule has 0 radical (unpaired) electrons. The maximum atomic E-state index is 4.00. The molecule has 14 heavy (non-hydrogen) atoms. The van der Waals surface area contributed by atoms with Crippen LogP contribution >= 0.6 is 0 Å². The highest BCUT2D eigenvalue weighted by Gasteiger charge is 1.91. The lowest BCUT2D eigenvalue weighted by molar-refractivity contribution is 1.26. The Hall–Kier alpha value is -1.64. The van der Waals surface area contributed by atoms with Crippen molar-refractivity contribution in [1.82, 2.24) is 0 Å². The first kappa shape index (κ1) is 10.4. The van der Waals surface area contributed by atoms with Crippen molar-refractivity contribution in [3.8, 4) is 11.1 Å². The van der Waals surface area contributed by atoms with Crippen molar-refractivity contribution in [2.24, 2.45) is 11.7 Å². The van der Waals surface area contributed by atoms with E-state index in [4.69, 9.17) is 0 Å². The molecule has 0 aliphatic carbocycles. The van der Waals surface area contributed by atoms with Crippen LogP contribution in [0.4, 0.5) is 0 Å². The lowest BCUT2D eigenvalue weighted by Crippen LogP contribution is -2.02. The normalized spacial score (nSPS) is 8.71. The molecule has 0 aliphatic heterocycles. The van der Waals surface area contributed by atoms with Gasteiger partial charge in [-0.05, 0) is 11.1 Å². The van der Waals surface area contributed by atoms with E-state index in [0.29, 0.717) is 0 Å². The van der Waals surface area contributed by atoms with Crippen molar-refractivity contribution in [3.05, 3.63) is 60.7 Å². The van der Waals surface area contributed by atoms with Gasteiger partial charge in [0.1, 0.15) is 0 Å². The zero-order chi connectivity index (χ0) is 10.2. The molecule has 0 aliphatic rings. The Bertz CT molecular complexity index is 306. The van der Waals surface area contributed by atoms with Gasteiger partial charge in [-0.25, -0.2) is 0 Å². The monoisotopic (exact) mass is 186 g/mol. The lowest BCUT2D eigenvalue weighted by atomic mass is 10.1. The molecule has 0 amide bonds. The molecule has 0 unspecified atom stereocenters. The minimum atomic E-state index is 1.28. The third kappa shape index (κ3) is 2.69. The van der Waals surface area contributed by atoms with Crippen molar-refractivity contribution in [2.75, 3.05) is 0 Å². The fraction of sp³-hybridized carbons (Fsp3) is 0. The molecule has 2 nitrogen and oxygen atoms in total. The van der Waals surface area contributed by atoms with E-state index in [1.54, 1.807) is 0 Å². The zero-order valence-electron chi connectivity index (χ0n) is 7.93. The Morgan fingerprint density at radius 1 is 0.500 bits per heavy atom. The van der Waals surface area contributed by atoms with Gasteiger partial charge < -0.3 is 0 Å². The first-order valence-electron chi connectivity index (χ1n) is 4.40. The summed E-state index contributed by atoms with van der Waals surface area (Å²) in [6.45, 7) is 0. The molecule has 2 rings (SSSR count). The molecule has 2 aromatic carbocycles. The molecule has 2 aromatic rings. The molecule has 4 N–H and O–H groups in total. The Morgan fingerprint density at radius 2 is 0.786 bits per heavy atom. The zero-order valence-corrected chi connectivity index (χ0v) is 7.93. The molecule has 0 saturated carbocycles. The molecular weight excluding hydrogens is 172 g/mol. The summed E-state index contributed by atoms with van der Waals surface area (Å²) in [5, 5.41) is 0. The minimum absolute atomic E-state index is 1.28. The average Bonchev–Trinajstić information content (AvgIpc) is 2.34. The largest absolute Gasteiger partial charge is 0.274 e. The van der Waals surface area contributed by atoms with E-state index in [1.807, 2.05) is 12.1 Å². The molecule has 0 bridgehead atoms. The van der Waals surface area contributed by atoms with Crippen LogP contribution in [0.5, 0.6) is 0 Å². The second-order valence-corrected chi connectivity index (χ2v) is 2.73. The standard InChI is InChI=1S/C12H10.H4N2/c1-3-7-11(8-4-1)12-9-5-2-6-10-12;1-2/h1-10H;1-2H2. The van der Waals surface area contributed by atoms with E-state index in [2.05, 4.69) is 60.2 Å². The van der Waals surface area contributed by atoms with Crippen molar-refractivity contribution < 1.29 is 0 Å². The van der Waals surface area contributed by atoms with Crippen molar-refractivity contribution in [1.29, 1.82) is 0 Å². The average molecular weight is 186 g/mol. The van der Waals surface area contributed by atoms with Gasteiger partial charge in [0, 0.05) is 0 Å². The molecule has 0 spiro atoms. The molecule has 0 saturated heterocycles. The Morgan fingerprint density at radius 3 is 1.07 bits per heavy atom. The molecule has 72 valence electrons. The van der Waals surface area contributed by atoms with Gasteiger partial charge in [-0.2, -0.15) is 0 Å². The van der Waals surface area contributed by atoms with Gasteiger partial charge in [0.15, 0.2) is 0 Å². The second kappa shape index (κ2) is 5.91. The summed E-state index contributed by atoms with van der Waals surface area (Å²) < 4.78 is 0. The highest BCUT2D eigenvalue weighted by Crippen LogP contribution is 2.17. The van der Waals surface area contributed by atoms with Crippen LogP contribution in [0, 0.1) is 0 Å². The molecule has 0 fully saturated rings. The summed E-state index contributed by atoms with van der Waals surface area (Å²) in [5.41, 5.74) is 2.55. The van der Waals surface area contributed by atoms with Gasteiger partial charge in [-0.1, -0.05) is 60.7 Å². The molecule has 0 aromatic heterocycles. The van der Waals surface area contributed by atoms with Gasteiger partial charge in [0.05, 0.1) is 0 Å². The van der Waals surface area contributed by atoms with Crippen LogP contribution in [-0.4, -0.2) is 0 Å². The number of benzene rings is 2. The van der Waals surface area contributed by atoms with E-state index in [0.717, 1.165) is 0 Å². The molecule has 0 heterocycles. The molecule has 2 heteroatoms. The van der Waals surface area contributed by atoms with E-state index in [1.165, 1.54) is 11.1 Å². The van der Waals surface area contributed by atoms with Gasteiger partial charge in [0.2, 0.25) is 0 Å². The van der Waals surface area contributed by atoms with Gasteiger partial charge >= 0.3 is 0 Å². The van der Waals surface area contributed by atoms with E-state index >= 15 is 0 Å². The van der Waals surface area contributed by atoms with Crippen LogP contribution in [0.15, 0.2) is 60.7 Å². The van der Waals surface area contributed by atoms with Crippen LogP contribution in [0.1, 0.15) is 0 Å². The third-order valence-corrected chi connectivity index (χ3v) is 1.88. The highest BCUT2D eigenvalue weighted by molar-refractivity contribution is 5.62. The lowest BCUT2D eigenvalue weighted by Gasteiger charge is -1.98. The fourth-order valence-corrected chi connectivity index (χ4v) is 1.26. The van der Waals surface area contributed by atoms with E-state index in [9.17, 15) is 0 Å². The summed E-state index contributed by atoms with van der Waals surface area (Å²) in [5.74, 6) is 8.00. The van der Waals surface area contributed by atoms with Crippen LogP contribution in [0.25, 0.3) is 11.1 Å². The Balaban J connectivity index is 0.000000461. The third-order valence-electron chi connectivity index (χ3n) is 1.88. The van der Waals surface area contributed by atoms with Gasteiger partial charge in [-0.3, -0.25) is 11.7 Å². The fourth-order valence-electron chi connectivity index (χ4n) is 1.26. The Kier molecular flexibility index (Phi) is 4.41. The van der Waals surface area contributed by atoms with E-state index < -0.39 is 0 Å². The van der Waals surface area contributed by atoms with Crippen LogP contribution < -0.4 is 11.7 Å². The van der Waals surface area contributed by atoms with Crippen LogP contribution in [0.3, 0.4) is 0 Å². The van der Waals surface area contributed by atoms with Crippen LogP contribution in [0.2, 0.25) is 0 Å². The number of hydrogen-bond donors (Lipinski definition) is 2. The van der Waals surface area contributed by atoms with Crippen molar-refractivity contribution in [2.45, 2.75) is 0 Å². The first-order chi connectivity index (χ1) is 6.97. The van der Waals surface area contributed by atoms with Gasteiger partial charge in [0.25, 0.3) is 0 Å². The van der Waals surface area contributed by atoms with Crippen LogP contribution in [-0.2, 0) is 0 Å². The summed E-state index contributed by atoms with van der Waals surface area (Å²) in [6.07, 6.45) is 0. The summed E-state index contributed by atoms with van der Waals surface area (Å²) >= 11 is 0. The maximum Gasteiger partial charge on any atom is -0.0184 e. The Labute approximate surface area is 84.1 Å². The van der Waals surface area contributed by atoms with E-state index in [-0.39, 0.29) is 0 Å². The maximum absolute atomic E-state index is 4.00. The number of hydrogen-bond acceptors (Lipinski definition) is 2. The SMILES string of the molecule is NN.c1ccc(-c2ccccc2)cc1. The summed E-state index contributed by atoms with van der Waals surface area (Å²) in [7, 11) is 0. The van der Waals surface area contributed by atoms with Crippen molar-refractivity contribution >= 4 is 0 Å². The molecule has 0 atom stereocenters. The summed E-state index contributed by atoms with van der Waals surface area (Å²) in [6, 6.07) is 20.8. The first-order valence-corrected chi connectivity index (χ1v) is 4.40. The smallest absolute Gasteiger partial charge is 0.0184 e. The number of hydrazine groups is 1. The predicted octanol–water partition coefficient (Wildman–Crippen LogP) is 2.17. The molecular formula is C12H14N2. The second-order valence-electron chi connectivity index (χ2n) is 2.73. The number of nitrogens with two attached hydrogens (primary N) is 2. The predicted molar refractivity (Wildman–Crippen MR) is 60.3 cm³/mol.